The minimum absolute atomic E-state index is 0.204. The summed E-state index contributed by atoms with van der Waals surface area (Å²) in [5.41, 5.74) is 4.26. The fraction of sp³-hybridized carbons (Fsp3) is 0.571. The molecule has 0 bridgehead atoms. The number of halogens is 1. The molecule has 1 aromatic heterocycles. The molecule has 2 N–H and O–H groups in total. The second-order valence-electron chi connectivity index (χ2n) is 10.2. The highest BCUT2D eigenvalue weighted by Gasteiger charge is 2.24. The first-order chi connectivity index (χ1) is 16.3. The zero-order valence-electron chi connectivity index (χ0n) is 20.9. The number of amides is 1. The summed E-state index contributed by atoms with van der Waals surface area (Å²) in [5.74, 6) is -0.0218. The summed E-state index contributed by atoms with van der Waals surface area (Å²) in [7, 11) is 0. The maximum Gasteiger partial charge on any atom is 0.223 e. The van der Waals surface area contributed by atoms with E-state index in [1.165, 1.54) is 23.3 Å². The first-order valence-electron chi connectivity index (χ1n) is 12.6. The minimum atomic E-state index is -0.680. The zero-order chi connectivity index (χ0) is 24.6. The van der Waals surface area contributed by atoms with Crippen molar-refractivity contribution >= 4 is 5.91 Å². The van der Waals surface area contributed by atoms with Gasteiger partial charge in [0.05, 0.1) is 0 Å². The fourth-order valence-electron chi connectivity index (χ4n) is 4.80. The lowest BCUT2D eigenvalue weighted by molar-refractivity contribution is -0.131. The number of carbonyl (C=O) groups is 1. The van der Waals surface area contributed by atoms with Crippen LogP contribution in [-0.2, 0) is 24.3 Å². The summed E-state index contributed by atoms with van der Waals surface area (Å²) < 4.78 is 13.6. The van der Waals surface area contributed by atoms with E-state index < -0.39 is 6.23 Å². The third kappa shape index (κ3) is 7.88. The van der Waals surface area contributed by atoms with Gasteiger partial charge in [0.1, 0.15) is 12.0 Å². The molecular weight excluding hydrogens is 429 g/mol. The second-order valence-corrected chi connectivity index (χ2v) is 10.2. The van der Waals surface area contributed by atoms with Crippen LogP contribution in [0.2, 0.25) is 0 Å². The van der Waals surface area contributed by atoms with E-state index in [0.29, 0.717) is 25.9 Å². The van der Waals surface area contributed by atoms with Gasteiger partial charge in [-0.15, -0.1) is 0 Å². The largest absolute Gasteiger partial charge is 0.378 e. The molecule has 1 aliphatic heterocycles. The SMILES string of the molecule is CCC(C)(CCCCCC(=O)N1Cc2ccncc2C1)CCNC(O)Cc1cc(C)cc(F)c1. The lowest BCUT2D eigenvalue weighted by Gasteiger charge is -2.29. The van der Waals surface area contributed by atoms with Gasteiger partial charge in [-0.3, -0.25) is 15.1 Å². The van der Waals surface area contributed by atoms with Gasteiger partial charge in [0, 0.05) is 38.3 Å². The van der Waals surface area contributed by atoms with Crippen molar-refractivity contribution in [1.82, 2.24) is 15.2 Å². The number of unbranched alkanes of at least 4 members (excludes halogenated alkanes) is 2. The number of hydrogen-bond donors (Lipinski definition) is 2. The highest BCUT2D eigenvalue weighted by Crippen LogP contribution is 2.32. The molecule has 0 saturated carbocycles. The number of aliphatic hydroxyl groups is 1. The van der Waals surface area contributed by atoms with E-state index in [1.807, 2.05) is 30.2 Å². The van der Waals surface area contributed by atoms with Gasteiger partial charge in [-0.25, -0.2) is 4.39 Å². The zero-order valence-corrected chi connectivity index (χ0v) is 20.9. The Bertz CT molecular complexity index is 906. The molecule has 0 saturated heterocycles. The minimum Gasteiger partial charge on any atom is -0.378 e. The number of pyridine rings is 1. The van der Waals surface area contributed by atoms with Crippen LogP contribution in [0.1, 0.15) is 81.0 Å². The Labute approximate surface area is 203 Å². The van der Waals surface area contributed by atoms with Crippen LogP contribution in [0.15, 0.2) is 36.7 Å². The number of rotatable bonds is 13. The first-order valence-corrected chi connectivity index (χ1v) is 12.6. The van der Waals surface area contributed by atoms with Crippen molar-refractivity contribution in [3.8, 4) is 0 Å². The molecule has 1 aromatic carbocycles. The average molecular weight is 470 g/mol. The van der Waals surface area contributed by atoms with E-state index in [-0.39, 0.29) is 17.1 Å². The molecule has 186 valence electrons. The van der Waals surface area contributed by atoms with Crippen molar-refractivity contribution in [3.63, 3.8) is 0 Å². The van der Waals surface area contributed by atoms with Crippen LogP contribution in [0.4, 0.5) is 4.39 Å². The Morgan fingerprint density at radius 3 is 2.74 bits per heavy atom. The second kappa shape index (κ2) is 12.4. The Morgan fingerprint density at radius 1 is 1.21 bits per heavy atom. The van der Waals surface area contributed by atoms with Crippen LogP contribution < -0.4 is 5.32 Å². The highest BCUT2D eigenvalue weighted by molar-refractivity contribution is 5.76. The maximum absolute atomic E-state index is 13.6. The van der Waals surface area contributed by atoms with Crippen LogP contribution >= 0.6 is 0 Å². The summed E-state index contributed by atoms with van der Waals surface area (Å²) >= 11 is 0. The van der Waals surface area contributed by atoms with Crippen LogP contribution in [0, 0.1) is 18.2 Å². The third-order valence-electron chi connectivity index (χ3n) is 7.24. The van der Waals surface area contributed by atoms with E-state index in [2.05, 4.69) is 24.1 Å². The number of fused-ring (bicyclic) bond motifs is 1. The van der Waals surface area contributed by atoms with Crippen LogP contribution in [0.3, 0.4) is 0 Å². The van der Waals surface area contributed by atoms with Gasteiger partial charge in [0.15, 0.2) is 0 Å². The number of aryl methyl sites for hydroxylation is 1. The number of hydrogen-bond acceptors (Lipinski definition) is 4. The average Bonchev–Trinajstić information content (AvgIpc) is 3.22. The lowest BCUT2D eigenvalue weighted by Crippen LogP contribution is -2.34. The number of aliphatic hydroxyl groups excluding tert-OH is 1. The monoisotopic (exact) mass is 469 g/mol. The van der Waals surface area contributed by atoms with Crippen molar-refractivity contribution in [2.75, 3.05) is 6.54 Å². The normalized spacial score (nSPS) is 15.7. The van der Waals surface area contributed by atoms with E-state index in [4.69, 9.17) is 0 Å². The molecule has 1 aliphatic rings. The molecule has 0 aliphatic carbocycles. The summed E-state index contributed by atoms with van der Waals surface area (Å²) in [6, 6.07) is 6.90. The number of carbonyl (C=O) groups excluding carboxylic acids is 1. The van der Waals surface area contributed by atoms with Gasteiger partial charge in [-0.1, -0.05) is 39.2 Å². The quantitative estimate of drug-likeness (QED) is 0.309. The predicted octanol–water partition coefficient (Wildman–Crippen LogP) is 5.28. The molecule has 2 atom stereocenters. The van der Waals surface area contributed by atoms with Crippen LogP contribution in [0.5, 0.6) is 0 Å². The number of benzene rings is 1. The smallest absolute Gasteiger partial charge is 0.223 e. The van der Waals surface area contributed by atoms with Crippen molar-refractivity contribution in [2.24, 2.45) is 5.41 Å². The molecule has 6 heteroatoms. The highest BCUT2D eigenvalue weighted by atomic mass is 19.1. The number of nitrogens with zero attached hydrogens (tertiary/aromatic N) is 2. The number of nitrogens with one attached hydrogen (secondary N) is 1. The molecule has 34 heavy (non-hydrogen) atoms. The van der Waals surface area contributed by atoms with Gasteiger partial charge >= 0.3 is 0 Å². The molecule has 0 fully saturated rings. The molecule has 3 rings (SSSR count). The van der Waals surface area contributed by atoms with E-state index >= 15 is 0 Å². The van der Waals surface area contributed by atoms with Crippen molar-refractivity contribution < 1.29 is 14.3 Å². The standard InChI is InChI=1S/C28H40FN3O2/c1-4-28(3,11-13-31-26(33)17-22-14-21(2)15-25(29)16-22)10-7-5-6-8-27(34)32-19-23-9-12-30-18-24(23)20-32/h9,12,14-16,18,26,31,33H,4-8,10-11,13,17,19-20H2,1-3H3. The van der Waals surface area contributed by atoms with Crippen molar-refractivity contribution in [1.29, 1.82) is 0 Å². The van der Waals surface area contributed by atoms with Gasteiger partial charge in [-0.05, 0) is 78.6 Å². The molecule has 5 nitrogen and oxygen atoms in total. The molecule has 0 radical (unpaired) electrons. The molecule has 0 spiro atoms. The Morgan fingerprint density at radius 2 is 2.00 bits per heavy atom. The molecule has 2 heterocycles. The fourth-order valence-corrected chi connectivity index (χ4v) is 4.80. The molecule has 2 aromatic rings. The lowest BCUT2D eigenvalue weighted by atomic mass is 9.79. The number of aromatic nitrogens is 1. The van der Waals surface area contributed by atoms with Gasteiger partial charge in [-0.2, -0.15) is 0 Å². The topological polar surface area (TPSA) is 65.5 Å². The summed E-state index contributed by atoms with van der Waals surface area (Å²) in [5, 5.41) is 13.5. The predicted molar refractivity (Wildman–Crippen MR) is 133 cm³/mol. The first kappa shape index (κ1) is 26.3. The van der Waals surface area contributed by atoms with E-state index in [0.717, 1.165) is 56.2 Å². The van der Waals surface area contributed by atoms with Crippen LogP contribution in [-0.4, -0.2) is 33.7 Å². The Balaban J connectivity index is 1.30. The van der Waals surface area contributed by atoms with Crippen molar-refractivity contribution in [2.45, 2.75) is 91.5 Å². The Hall–Kier alpha value is -2.31. The maximum atomic E-state index is 13.6. The van der Waals surface area contributed by atoms with E-state index in [9.17, 15) is 14.3 Å². The van der Waals surface area contributed by atoms with Gasteiger partial charge in [0.2, 0.25) is 5.91 Å². The van der Waals surface area contributed by atoms with E-state index in [1.54, 1.807) is 6.20 Å². The molecule has 2 unspecified atom stereocenters. The molecule has 1 amide bonds. The Kier molecular flexibility index (Phi) is 9.60. The van der Waals surface area contributed by atoms with Gasteiger partial charge < -0.3 is 10.0 Å². The van der Waals surface area contributed by atoms with Crippen molar-refractivity contribution in [3.05, 3.63) is 64.7 Å². The summed E-state index contributed by atoms with van der Waals surface area (Å²) in [6.45, 7) is 8.50. The third-order valence-corrected chi connectivity index (χ3v) is 7.24. The summed E-state index contributed by atoms with van der Waals surface area (Å²) in [4.78, 5) is 18.6. The van der Waals surface area contributed by atoms with Gasteiger partial charge in [0.25, 0.3) is 0 Å². The van der Waals surface area contributed by atoms with Crippen LogP contribution in [0.25, 0.3) is 0 Å². The molecular formula is C28H40FN3O2. The summed E-state index contributed by atoms with van der Waals surface area (Å²) in [6.07, 6.45) is 10.2.